The highest BCUT2D eigenvalue weighted by Gasteiger charge is 2.38. The number of rotatable bonds is 7. The zero-order valence-electron chi connectivity index (χ0n) is 21.3. The number of halogens is 3. The van der Waals surface area contributed by atoms with Crippen molar-refractivity contribution in [1.29, 1.82) is 0 Å². The maximum absolute atomic E-state index is 13.1. The Labute approximate surface area is 222 Å². The number of carbonyl (C=O) groups is 2. The van der Waals surface area contributed by atoms with E-state index in [1.165, 1.54) is 5.56 Å². The van der Waals surface area contributed by atoms with Gasteiger partial charge in [-0.1, -0.05) is 44.2 Å². The summed E-state index contributed by atoms with van der Waals surface area (Å²) in [5, 5.41) is 13.2. The highest BCUT2D eigenvalue weighted by Crippen LogP contribution is 2.24. The van der Waals surface area contributed by atoms with E-state index in [1.807, 2.05) is 18.2 Å². The molecule has 2 aromatic heterocycles. The fraction of sp³-hybridized carbons (Fsp3) is 0.346. The summed E-state index contributed by atoms with van der Waals surface area (Å²) in [6.45, 7) is 5.12. The predicted octanol–water partition coefficient (Wildman–Crippen LogP) is 3.39. The number of hydrogen-bond donors (Lipinski definition) is 4. The van der Waals surface area contributed by atoms with Crippen molar-refractivity contribution >= 4 is 23.5 Å². The lowest BCUT2D eigenvalue weighted by Crippen LogP contribution is -2.36. The minimum atomic E-state index is -5.08. The van der Waals surface area contributed by atoms with Crippen molar-refractivity contribution in [2.75, 3.05) is 11.1 Å². The Balaban J connectivity index is 0.000000532. The number of hydrogen-bond acceptors (Lipinski definition) is 7. The summed E-state index contributed by atoms with van der Waals surface area (Å²) >= 11 is 0. The fourth-order valence-corrected chi connectivity index (χ4v) is 3.91. The maximum atomic E-state index is 13.1. The zero-order chi connectivity index (χ0) is 28.7. The number of fused-ring (bicyclic) bond motifs is 1. The second-order valence-electron chi connectivity index (χ2n) is 9.19. The number of nitrogens with one attached hydrogen (secondary N) is 2. The minimum Gasteiger partial charge on any atom is -0.475 e. The third-order valence-corrected chi connectivity index (χ3v) is 6.00. The lowest BCUT2D eigenvalue weighted by atomic mass is 10.0. The van der Waals surface area contributed by atoms with Gasteiger partial charge in [-0.05, 0) is 41.5 Å². The number of carbonyl (C=O) groups excluding carboxylic acids is 1. The third-order valence-electron chi connectivity index (χ3n) is 6.00. The van der Waals surface area contributed by atoms with Crippen LogP contribution in [0.15, 0.2) is 53.6 Å². The second-order valence-corrected chi connectivity index (χ2v) is 9.19. The van der Waals surface area contributed by atoms with Gasteiger partial charge in [0.15, 0.2) is 5.82 Å². The number of carboxylic acids is 1. The first kappa shape index (κ1) is 29.1. The molecule has 1 aliphatic rings. The zero-order valence-corrected chi connectivity index (χ0v) is 21.3. The standard InChI is InChI=1S/C24H28N6O2.C2HF3O2/c1-15(2)18-5-3-4-16(10-18)11-27-22-24(32)30-19(14-28-22)7-8-20(30)23(31)29-13-17-6-9-21(25)26-12-17;3-2(4,5)1(6)7/h3-6,9-10,12,14-15,20H,7-8,11,13H2,1-2H3,(H2,25,26)(H,27,28)(H,29,31);(H,6,7)/t20-;/m0./s1. The van der Waals surface area contributed by atoms with Crippen LogP contribution in [0.25, 0.3) is 0 Å². The van der Waals surface area contributed by atoms with E-state index in [1.54, 1.807) is 23.0 Å². The van der Waals surface area contributed by atoms with Crippen LogP contribution in [0.4, 0.5) is 24.8 Å². The Hall–Kier alpha value is -4.42. The van der Waals surface area contributed by atoms with Crippen LogP contribution in [0.2, 0.25) is 0 Å². The SMILES string of the molecule is CC(C)c1cccc(CNc2ncc3n(c2=O)[C@H](C(=O)NCc2ccc(N)nc2)CC3)c1.O=C(O)C(F)(F)F. The largest absolute Gasteiger partial charge is 0.490 e. The number of nitrogen functional groups attached to an aromatic ring is 1. The monoisotopic (exact) mass is 546 g/mol. The molecule has 0 radical (unpaired) electrons. The number of anilines is 2. The molecule has 5 N–H and O–H groups in total. The van der Waals surface area contributed by atoms with Gasteiger partial charge in [-0.2, -0.15) is 13.2 Å². The number of carboxylic acid groups (broad SMARTS) is 1. The van der Waals surface area contributed by atoms with Crippen molar-refractivity contribution in [2.45, 2.75) is 57.9 Å². The van der Waals surface area contributed by atoms with Crippen LogP contribution in [0, 0.1) is 0 Å². The second kappa shape index (κ2) is 12.4. The summed E-state index contributed by atoms with van der Waals surface area (Å²) in [6, 6.07) is 11.2. The summed E-state index contributed by atoms with van der Waals surface area (Å²) in [5.74, 6) is -1.83. The summed E-state index contributed by atoms with van der Waals surface area (Å²) in [4.78, 5) is 43.2. The number of aliphatic carboxylic acids is 1. The van der Waals surface area contributed by atoms with Gasteiger partial charge in [0, 0.05) is 31.2 Å². The third kappa shape index (κ3) is 7.79. The number of pyridine rings is 1. The number of nitrogens with zero attached hydrogens (tertiary/aromatic N) is 3. The Bertz CT molecular complexity index is 1370. The first-order valence-electron chi connectivity index (χ1n) is 12.1. The number of nitrogens with two attached hydrogens (primary N) is 1. The number of aromatic nitrogens is 3. The molecule has 0 bridgehead atoms. The van der Waals surface area contributed by atoms with Crippen LogP contribution >= 0.6 is 0 Å². The average Bonchev–Trinajstić information content (AvgIpc) is 3.33. The van der Waals surface area contributed by atoms with E-state index >= 15 is 0 Å². The highest BCUT2D eigenvalue weighted by molar-refractivity contribution is 5.81. The molecule has 3 aromatic rings. The Morgan fingerprint density at radius 2 is 1.85 bits per heavy atom. The van der Waals surface area contributed by atoms with E-state index in [9.17, 15) is 22.8 Å². The lowest BCUT2D eigenvalue weighted by Gasteiger charge is -2.16. The van der Waals surface area contributed by atoms with E-state index in [0.717, 1.165) is 16.8 Å². The normalized spacial score (nSPS) is 14.3. The lowest BCUT2D eigenvalue weighted by molar-refractivity contribution is -0.192. The van der Waals surface area contributed by atoms with Gasteiger partial charge in [0.1, 0.15) is 11.9 Å². The maximum Gasteiger partial charge on any atom is 0.490 e. The van der Waals surface area contributed by atoms with E-state index < -0.39 is 18.2 Å². The van der Waals surface area contributed by atoms with Gasteiger partial charge >= 0.3 is 12.1 Å². The highest BCUT2D eigenvalue weighted by atomic mass is 19.4. The van der Waals surface area contributed by atoms with Crippen molar-refractivity contribution in [1.82, 2.24) is 19.9 Å². The summed E-state index contributed by atoms with van der Waals surface area (Å²) in [5.41, 5.74) is 9.28. The first-order valence-corrected chi connectivity index (χ1v) is 12.1. The molecule has 10 nitrogen and oxygen atoms in total. The number of alkyl halides is 3. The van der Waals surface area contributed by atoms with Crippen LogP contribution in [0.1, 0.15) is 54.6 Å². The van der Waals surface area contributed by atoms with Gasteiger partial charge < -0.3 is 21.5 Å². The summed E-state index contributed by atoms with van der Waals surface area (Å²) in [7, 11) is 0. The van der Waals surface area contributed by atoms with Crippen LogP contribution in [-0.2, 0) is 29.1 Å². The van der Waals surface area contributed by atoms with Gasteiger partial charge in [-0.3, -0.25) is 14.2 Å². The Kier molecular flexibility index (Phi) is 9.28. The molecule has 0 spiro atoms. The molecule has 208 valence electrons. The molecular weight excluding hydrogens is 517 g/mol. The van der Waals surface area contributed by atoms with Crippen molar-refractivity contribution < 1.29 is 27.9 Å². The molecule has 3 heterocycles. The molecular formula is C26H29F3N6O4. The molecule has 13 heteroatoms. The Morgan fingerprint density at radius 1 is 1.13 bits per heavy atom. The van der Waals surface area contributed by atoms with Gasteiger partial charge in [0.2, 0.25) is 5.91 Å². The van der Waals surface area contributed by atoms with Crippen molar-refractivity contribution in [2.24, 2.45) is 0 Å². The van der Waals surface area contributed by atoms with E-state index in [4.69, 9.17) is 15.6 Å². The Morgan fingerprint density at radius 3 is 2.46 bits per heavy atom. The molecule has 0 saturated carbocycles. The summed E-state index contributed by atoms with van der Waals surface area (Å²) in [6.07, 6.45) is -0.556. The van der Waals surface area contributed by atoms with E-state index in [-0.39, 0.29) is 17.3 Å². The molecule has 4 rings (SSSR count). The van der Waals surface area contributed by atoms with E-state index in [0.29, 0.717) is 37.7 Å². The molecule has 1 amide bonds. The fourth-order valence-electron chi connectivity index (χ4n) is 3.91. The smallest absolute Gasteiger partial charge is 0.475 e. The molecule has 0 fully saturated rings. The van der Waals surface area contributed by atoms with Crippen molar-refractivity contribution in [3.05, 3.63) is 81.5 Å². The molecule has 1 aromatic carbocycles. The quantitative estimate of drug-likeness (QED) is 0.352. The molecule has 1 atom stereocenters. The van der Waals surface area contributed by atoms with Gasteiger partial charge in [0.05, 0.1) is 0 Å². The van der Waals surface area contributed by atoms with E-state index in [2.05, 4.69) is 46.6 Å². The van der Waals surface area contributed by atoms with Gasteiger partial charge in [0.25, 0.3) is 5.56 Å². The minimum absolute atomic E-state index is 0.190. The molecule has 0 unspecified atom stereocenters. The van der Waals surface area contributed by atoms with Crippen molar-refractivity contribution in [3.63, 3.8) is 0 Å². The number of aryl methyl sites for hydroxylation is 1. The van der Waals surface area contributed by atoms with Gasteiger partial charge in [-0.25, -0.2) is 14.8 Å². The first-order chi connectivity index (χ1) is 18.4. The van der Waals surface area contributed by atoms with Gasteiger partial charge in [-0.15, -0.1) is 0 Å². The molecule has 0 saturated heterocycles. The van der Waals surface area contributed by atoms with Crippen LogP contribution in [-0.4, -0.2) is 37.7 Å². The molecule has 1 aliphatic heterocycles. The number of amides is 1. The van der Waals surface area contributed by atoms with Crippen LogP contribution in [0.5, 0.6) is 0 Å². The average molecular weight is 547 g/mol. The van der Waals surface area contributed by atoms with Crippen LogP contribution < -0.4 is 21.9 Å². The summed E-state index contributed by atoms with van der Waals surface area (Å²) < 4.78 is 33.3. The molecule has 39 heavy (non-hydrogen) atoms. The molecule has 0 aliphatic carbocycles. The predicted molar refractivity (Wildman–Crippen MR) is 138 cm³/mol. The topological polar surface area (TPSA) is 152 Å². The van der Waals surface area contributed by atoms with Crippen LogP contribution in [0.3, 0.4) is 0 Å². The van der Waals surface area contributed by atoms with Crippen molar-refractivity contribution in [3.8, 4) is 0 Å². The number of benzene rings is 1.